The summed E-state index contributed by atoms with van der Waals surface area (Å²) in [6, 6.07) is 1.77. The Morgan fingerprint density at radius 2 is 2.27 bits per heavy atom. The third-order valence-corrected chi connectivity index (χ3v) is 1.84. The van der Waals surface area contributed by atoms with E-state index in [1.54, 1.807) is 12.3 Å². The highest BCUT2D eigenvalue weighted by Crippen LogP contribution is 2.05. The molecule has 2 aromatic heterocycles. The van der Waals surface area contributed by atoms with Gasteiger partial charge in [-0.05, 0) is 18.6 Å². The number of carboxylic acid groups (broad SMARTS) is 1. The summed E-state index contributed by atoms with van der Waals surface area (Å²) in [4.78, 5) is 10.6. The van der Waals surface area contributed by atoms with Gasteiger partial charge in [-0.1, -0.05) is 0 Å². The molecule has 2 heterocycles. The highest BCUT2D eigenvalue weighted by atomic mass is 16.4. The van der Waals surface area contributed by atoms with Crippen LogP contribution in [0.2, 0.25) is 0 Å². The second-order valence-corrected chi connectivity index (χ2v) is 3.07. The van der Waals surface area contributed by atoms with Crippen molar-refractivity contribution < 1.29 is 9.90 Å². The van der Waals surface area contributed by atoms with Gasteiger partial charge in [-0.25, -0.2) is 9.48 Å². The third kappa shape index (κ3) is 1.83. The summed E-state index contributed by atoms with van der Waals surface area (Å²) in [5.74, 6) is -0.510. The topological polar surface area (TPSA) is 80.9 Å². The Kier molecular flexibility index (Phi) is 2.17. The zero-order chi connectivity index (χ0) is 10.8. The fourth-order valence-electron chi connectivity index (χ4n) is 1.12. The molecule has 0 saturated heterocycles. The van der Waals surface area contributed by atoms with Gasteiger partial charge in [0, 0.05) is 6.20 Å². The summed E-state index contributed by atoms with van der Waals surface area (Å²) in [5, 5.41) is 20.2. The maximum absolute atomic E-state index is 10.6. The van der Waals surface area contributed by atoms with E-state index >= 15 is 0 Å². The smallest absolute Gasteiger partial charge is 0.338 e. The van der Waals surface area contributed by atoms with E-state index in [2.05, 4.69) is 15.3 Å². The van der Waals surface area contributed by atoms with Crippen LogP contribution in [-0.2, 0) is 0 Å². The van der Waals surface area contributed by atoms with Gasteiger partial charge >= 0.3 is 5.97 Å². The fourth-order valence-corrected chi connectivity index (χ4v) is 1.12. The van der Waals surface area contributed by atoms with Crippen molar-refractivity contribution in [3.05, 3.63) is 35.8 Å². The van der Waals surface area contributed by atoms with Crippen LogP contribution in [0, 0.1) is 6.92 Å². The highest BCUT2D eigenvalue weighted by Gasteiger charge is 2.07. The quantitative estimate of drug-likeness (QED) is 0.777. The van der Waals surface area contributed by atoms with Gasteiger partial charge in [0.2, 0.25) is 0 Å². The second-order valence-electron chi connectivity index (χ2n) is 3.07. The molecule has 0 aliphatic carbocycles. The Bertz CT molecular complexity index is 506. The van der Waals surface area contributed by atoms with E-state index < -0.39 is 5.97 Å². The van der Waals surface area contributed by atoms with Crippen LogP contribution in [0.5, 0.6) is 0 Å². The zero-order valence-electron chi connectivity index (χ0n) is 7.95. The summed E-state index contributed by atoms with van der Waals surface area (Å²) in [6.07, 6.45) is 4.28. The SMILES string of the molecule is Cc1cnnc(-n2cc(C(=O)O)cn2)c1. The Morgan fingerprint density at radius 3 is 2.87 bits per heavy atom. The van der Waals surface area contributed by atoms with Crippen LogP contribution >= 0.6 is 0 Å². The van der Waals surface area contributed by atoms with Gasteiger partial charge in [0.15, 0.2) is 5.82 Å². The number of hydrogen-bond donors (Lipinski definition) is 1. The summed E-state index contributed by atoms with van der Waals surface area (Å²) in [6.45, 7) is 1.87. The number of aromatic carboxylic acids is 1. The van der Waals surface area contributed by atoms with E-state index in [0.29, 0.717) is 5.82 Å². The third-order valence-electron chi connectivity index (χ3n) is 1.84. The molecule has 6 nitrogen and oxygen atoms in total. The number of aromatic nitrogens is 4. The predicted molar refractivity (Wildman–Crippen MR) is 50.9 cm³/mol. The Morgan fingerprint density at radius 1 is 1.47 bits per heavy atom. The lowest BCUT2D eigenvalue weighted by atomic mass is 10.3. The first-order valence-electron chi connectivity index (χ1n) is 4.24. The van der Waals surface area contributed by atoms with Crippen LogP contribution in [0.3, 0.4) is 0 Å². The molecular weight excluding hydrogens is 196 g/mol. The first-order valence-corrected chi connectivity index (χ1v) is 4.24. The fraction of sp³-hybridized carbons (Fsp3) is 0.111. The lowest BCUT2D eigenvalue weighted by Crippen LogP contribution is -2.00. The van der Waals surface area contributed by atoms with Gasteiger partial charge < -0.3 is 5.11 Å². The van der Waals surface area contributed by atoms with E-state index in [1.165, 1.54) is 17.1 Å². The normalized spacial score (nSPS) is 10.2. The Labute approximate surface area is 85.2 Å². The first kappa shape index (κ1) is 9.32. The van der Waals surface area contributed by atoms with Crippen molar-refractivity contribution >= 4 is 5.97 Å². The van der Waals surface area contributed by atoms with Crippen molar-refractivity contribution in [3.8, 4) is 5.82 Å². The molecule has 0 fully saturated rings. The van der Waals surface area contributed by atoms with E-state index in [-0.39, 0.29) is 5.56 Å². The van der Waals surface area contributed by atoms with Gasteiger partial charge in [-0.3, -0.25) is 0 Å². The molecule has 0 amide bonds. The minimum atomic E-state index is -1.01. The molecule has 2 aromatic rings. The molecule has 0 aromatic carbocycles. The highest BCUT2D eigenvalue weighted by molar-refractivity contribution is 5.86. The van der Waals surface area contributed by atoms with Gasteiger partial charge in [0.25, 0.3) is 0 Å². The molecule has 0 spiro atoms. The summed E-state index contributed by atoms with van der Waals surface area (Å²) >= 11 is 0. The van der Waals surface area contributed by atoms with Gasteiger partial charge in [0.05, 0.1) is 18.0 Å². The molecule has 76 valence electrons. The number of carboxylic acids is 1. The average Bonchev–Trinajstić information content (AvgIpc) is 2.66. The van der Waals surface area contributed by atoms with Crippen molar-refractivity contribution in [1.29, 1.82) is 0 Å². The molecule has 0 radical (unpaired) electrons. The molecule has 0 unspecified atom stereocenters. The van der Waals surface area contributed by atoms with Crippen molar-refractivity contribution in [2.24, 2.45) is 0 Å². The van der Waals surface area contributed by atoms with Crippen LogP contribution in [0.1, 0.15) is 15.9 Å². The van der Waals surface area contributed by atoms with Crippen molar-refractivity contribution in [2.45, 2.75) is 6.92 Å². The molecule has 0 bridgehead atoms. The Hall–Kier alpha value is -2.24. The standard InChI is InChI=1S/C9H8N4O2/c1-6-2-8(12-10-3-6)13-5-7(4-11-13)9(14)15/h2-5H,1H3,(H,14,15). The van der Waals surface area contributed by atoms with Gasteiger partial charge in [-0.15, -0.1) is 5.10 Å². The second kappa shape index (κ2) is 3.49. The van der Waals surface area contributed by atoms with Gasteiger partial charge in [0.1, 0.15) is 0 Å². The molecular formula is C9H8N4O2. The Balaban J connectivity index is 2.41. The maximum Gasteiger partial charge on any atom is 0.338 e. The van der Waals surface area contributed by atoms with Crippen LogP contribution in [-0.4, -0.2) is 31.1 Å². The molecule has 0 aliphatic heterocycles. The number of carbonyl (C=O) groups is 1. The molecule has 2 rings (SSSR count). The molecule has 15 heavy (non-hydrogen) atoms. The lowest BCUT2D eigenvalue weighted by Gasteiger charge is -1.98. The average molecular weight is 204 g/mol. The number of nitrogens with zero attached hydrogens (tertiary/aromatic N) is 4. The van der Waals surface area contributed by atoms with Crippen molar-refractivity contribution in [1.82, 2.24) is 20.0 Å². The molecule has 0 saturated carbocycles. The monoisotopic (exact) mass is 204 g/mol. The van der Waals surface area contributed by atoms with Crippen molar-refractivity contribution in [2.75, 3.05) is 0 Å². The van der Waals surface area contributed by atoms with Crippen molar-refractivity contribution in [3.63, 3.8) is 0 Å². The molecule has 6 heteroatoms. The van der Waals surface area contributed by atoms with Crippen LogP contribution in [0.25, 0.3) is 5.82 Å². The van der Waals surface area contributed by atoms with Crippen LogP contribution < -0.4 is 0 Å². The summed E-state index contributed by atoms with van der Waals surface area (Å²) in [5.41, 5.74) is 1.06. The van der Waals surface area contributed by atoms with Gasteiger partial charge in [-0.2, -0.15) is 10.2 Å². The summed E-state index contributed by atoms with van der Waals surface area (Å²) in [7, 11) is 0. The van der Waals surface area contributed by atoms with E-state index in [1.807, 2.05) is 6.92 Å². The van der Waals surface area contributed by atoms with Crippen LogP contribution in [0.4, 0.5) is 0 Å². The molecule has 0 atom stereocenters. The summed E-state index contributed by atoms with van der Waals surface area (Å²) < 4.78 is 1.38. The van der Waals surface area contributed by atoms with E-state index in [0.717, 1.165) is 5.56 Å². The maximum atomic E-state index is 10.6. The van der Waals surface area contributed by atoms with Crippen LogP contribution in [0.15, 0.2) is 24.7 Å². The first-order chi connectivity index (χ1) is 7.16. The predicted octanol–water partition coefficient (Wildman–Crippen LogP) is 0.669. The number of hydrogen-bond acceptors (Lipinski definition) is 4. The molecule has 0 aliphatic rings. The minimum Gasteiger partial charge on any atom is -0.478 e. The molecule has 1 N–H and O–H groups in total. The number of aryl methyl sites for hydroxylation is 1. The lowest BCUT2D eigenvalue weighted by molar-refractivity contribution is 0.0697. The largest absolute Gasteiger partial charge is 0.478 e. The minimum absolute atomic E-state index is 0.123. The number of rotatable bonds is 2. The van der Waals surface area contributed by atoms with E-state index in [4.69, 9.17) is 5.11 Å². The zero-order valence-corrected chi connectivity index (χ0v) is 7.95. The van der Waals surface area contributed by atoms with E-state index in [9.17, 15) is 4.79 Å².